The average Bonchev–Trinajstić information content (AvgIpc) is 3.43. The third kappa shape index (κ3) is 3.90. The van der Waals surface area contributed by atoms with Gasteiger partial charge in [-0.15, -0.1) is 0 Å². The van der Waals surface area contributed by atoms with E-state index in [1.807, 2.05) is 39.9 Å². The smallest absolute Gasteiger partial charge is 0.274 e. The van der Waals surface area contributed by atoms with Crippen LogP contribution < -0.4 is 5.32 Å². The number of likely N-dealkylation sites (tertiary alicyclic amines) is 1. The normalized spacial score (nSPS) is 16.1. The van der Waals surface area contributed by atoms with Gasteiger partial charge in [0.2, 0.25) is 0 Å². The van der Waals surface area contributed by atoms with Gasteiger partial charge in [0.05, 0.1) is 5.69 Å². The van der Waals surface area contributed by atoms with Crippen LogP contribution >= 0.6 is 0 Å². The Morgan fingerprint density at radius 1 is 0.969 bits per heavy atom. The van der Waals surface area contributed by atoms with Crippen molar-refractivity contribution in [3.8, 4) is 5.69 Å². The Hall–Kier alpha value is -3.48. The third-order valence-electron chi connectivity index (χ3n) is 6.36. The summed E-state index contributed by atoms with van der Waals surface area (Å²) >= 11 is 0. The quantitative estimate of drug-likeness (QED) is 0.686. The molecule has 6 nitrogen and oxygen atoms in total. The lowest BCUT2D eigenvalue weighted by Gasteiger charge is -2.32. The first-order valence-corrected chi connectivity index (χ1v) is 11.1. The number of nitrogens with one attached hydrogen (secondary N) is 1. The topological polar surface area (TPSA) is 67.2 Å². The van der Waals surface area contributed by atoms with E-state index in [-0.39, 0.29) is 23.7 Å². The Labute approximate surface area is 186 Å². The Kier molecular flexibility index (Phi) is 5.47. The highest BCUT2D eigenvalue weighted by Crippen LogP contribution is 2.29. The molecule has 0 bridgehead atoms. The zero-order valence-electron chi connectivity index (χ0n) is 17.8. The van der Waals surface area contributed by atoms with Crippen molar-refractivity contribution >= 4 is 11.8 Å². The number of hydrogen-bond acceptors (Lipinski definition) is 3. The summed E-state index contributed by atoms with van der Waals surface area (Å²) in [5, 5.41) is 7.72. The van der Waals surface area contributed by atoms with Gasteiger partial charge in [0.15, 0.2) is 5.69 Å². The zero-order valence-corrected chi connectivity index (χ0v) is 17.8. The van der Waals surface area contributed by atoms with Crippen LogP contribution in [0.15, 0.2) is 54.6 Å². The third-order valence-corrected chi connectivity index (χ3v) is 6.36. The molecule has 1 saturated heterocycles. The molecule has 5 rings (SSSR count). The van der Waals surface area contributed by atoms with Crippen LogP contribution in [0.3, 0.4) is 0 Å². The van der Waals surface area contributed by atoms with E-state index in [4.69, 9.17) is 5.10 Å². The number of halogens is 1. The van der Waals surface area contributed by atoms with Crippen molar-refractivity contribution in [3.63, 3.8) is 0 Å². The standard InChI is InChI=1S/C25H25FN4O2/c26-18-11-9-17(10-12-18)24(31)27-19-13-15-29(16-14-19)25(32)23-21-7-4-8-22(21)30(28-23)20-5-2-1-3-6-20/h1-3,5-6,9-12,19H,4,7-8,13-16H2,(H,27,31). The lowest BCUT2D eigenvalue weighted by Crippen LogP contribution is -2.46. The average molecular weight is 432 g/mol. The van der Waals surface area contributed by atoms with Gasteiger partial charge in [-0.05, 0) is 68.5 Å². The van der Waals surface area contributed by atoms with E-state index in [1.54, 1.807) is 0 Å². The fraction of sp³-hybridized carbons (Fsp3) is 0.320. The van der Waals surface area contributed by atoms with Gasteiger partial charge in [0.25, 0.3) is 11.8 Å². The highest BCUT2D eigenvalue weighted by molar-refractivity contribution is 5.95. The van der Waals surface area contributed by atoms with Gasteiger partial charge in [-0.3, -0.25) is 9.59 Å². The van der Waals surface area contributed by atoms with E-state index in [9.17, 15) is 14.0 Å². The molecule has 0 saturated carbocycles. The summed E-state index contributed by atoms with van der Waals surface area (Å²) in [5.74, 6) is -0.607. The lowest BCUT2D eigenvalue weighted by atomic mass is 10.0. The van der Waals surface area contributed by atoms with Crippen LogP contribution in [-0.4, -0.2) is 45.6 Å². The molecule has 3 aromatic rings. The number of piperidine rings is 1. The second-order valence-electron chi connectivity index (χ2n) is 8.42. The molecule has 2 aromatic carbocycles. The second-order valence-corrected chi connectivity index (χ2v) is 8.42. The molecule has 1 aliphatic heterocycles. The summed E-state index contributed by atoms with van der Waals surface area (Å²) in [7, 11) is 0. The minimum absolute atomic E-state index is 0.0100. The van der Waals surface area contributed by atoms with Gasteiger partial charge in [0, 0.05) is 36.0 Å². The molecular weight excluding hydrogens is 407 g/mol. The van der Waals surface area contributed by atoms with Crippen molar-refractivity contribution in [2.24, 2.45) is 0 Å². The number of carbonyl (C=O) groups excluding carboxylic acids is 2. The molecule has 2 amide bonds. The molecule has 1 N–H and O–H groups in total. The van der Waals surface area contributed by atoms with Crippen LogP contribution in [0.1, 0.15) is 51.4 Å². The molecule has 1 fully saturated rings. The summed E-state index contributed by atoms with van der Waals surface area (Å²) in [6, 6.07) is 15.5. The Morgan fingerprint density at radius 3 is 2.41 bits per heavy atom. The van der Waals surface area contributed by atoms with Gasteiger partial charge in [-0.1, -0.05) is 18.2 Å². The fourth-order valence-electron chi connectivity index (χ4n) is 4.64. The number of nitrogens with zero attached hydrogens (tertiary/aromatic N) is 3. The summed E-state index contributed by atoms with van der Waals surface area (Å²) in [4.78, 5) is 27.6. The second kappa shape index (κ2) is 8.57. The molecule has 2 heterocycles. The van der Waals surface area contributed by atoms with Crippen LogP contribution in [0.2, 0.25) is 0 Å². The van der Waals surface area contributed by atoms with Gasteiger partial charge in [0.1, 0.15) is 5.82 Å². The molecule has 2 aliphatic rings. The zero-order chi connectivity index (χ0) is 22.1. The van der Waals surface area contributed by atoms with E-state index in [1.165, 1.54) is 24.3 Å². The first kappa shape index (κ1) is 20.4. The number of amides is 2. The minimum atomic E-state index is -0.366. The van der Waals surface area contributed by atoms with E-state index < -0.39 is 0 Å². The van der Waals surface area contributed by atoms with Crippen LogP contribution in [0, 0.1) is 5.82 Å². The Balaban J connectivity index is 1.25. The fourth-order valence-corrected chi connectivity index (χ4v) is 4.64. The minimum Gasteiger partial charge on any atom is -0.349 e. The molecule has 0 spiro atoms. The van der Waals surface area contributed by atoms with Crippen molar-refractivity contribution in [2.75, 3.05) is 13.1 Å². The first-order valence-electron chi connectivity index (χ1n) is 11.1. The predicted molar refractivity (Wildman–Crippen MR) is 118 cm³/mol. The first-order chi connectivity index (χ1) is 15.6. The number of benzene rings is 2. The monoisotopic (exact) mass is 432 g/mol. The number of aromatic nitrogens is 2. The van der Waals surface area contributed by atoms with Crippen LogP contribution in [0.5, 0.6) is 0 Å². The number of hydrogen-bond donors (Lipinski definition) is 1. The maximum absolute atomic E-state index is 13.3. The molecule has 1 aliphatic carbocycles. The lowest BCUT2D eigenvalue weighted by molar-refractivity contribution is 0.0691. The maximum atomic E-state index is 13.3. The van der Waals surface area contributed by atoms with E-state index >= 15 is 0 Å². The van der Waals surface area contributed by atoms with Gasteiger partial charge < -0.3 is 10.2 Å². The van der Waals surface area contributed by atoms with Crippen molar-refractivity contribution in [1.82, 2.24) is 20.0 Å². The van der Waals surface area contributed by atoms with Crippen molar-refractivity contribution in [1.29, 1.82) is 0 Å². The molecule has 7 heteroatoms. The number of fused-ring (bicyclic) bond motifs is 1. The van der Waals surface area contributed by atoms with Crippen LogP contribution in [0.4, 0.5) is 4.39 Å². The molecule has 32 heavy (non-hydrogen) atoms. The number of carbonyl (C=O) groups is 2. The summed E-state index contributed by atoms with van der Waals surface area (Å²) in [5.41, 5.74) is 4.19. The molecule has 0 atom stereocenters. The van der Waals surface area contributed by atoms with Crippen LogP contribution in [-0.2, 0) is 12.8 Å². The SMILES string of the molecule is O=C(NC1CCN(C(=O)c2nn(-c3ccccc3)c3c2CCC3)CC1)c1ccc(F)cc1. The highest BCUT2D eigenvalue weighted by Gasteiger charge is 2.31. The Morgan fingerprint density at radius 2 is 1.69 bits per heavy atom. The molecule has 164 valence electrons. The molecule has 0 unspecified atom stereocenters. The number of rotatable bonds is 4. The predicted octanol–water partition coefficient (Wildman–Crippen LogP) is 3.53. The summed E-state index contributed by atoms with van der Waals surface area (Å²) in [6.45, 7) is 1.14. The highest BCUT2D eigenvalue weighted by atomic mass is 19.1. The van der Waals surface area contributed by atoms with Gasteiger partial charge in [-0.2, -0.15) is 5.10 Å². The van der Waals surface area contributed by atoms with E-state index in [2.05, 4.69) is 5.32 Å². The summed E-state index contributed by atoms with van der Waals surface area (Å²) in [6.07, 6.45) is 4.22. The van der Waals surface area contributed by atoms with Gasteiger partial charge >= 0.3 is 0 Å². The van der Waals surface area contributed by atoms with Crippen LogP contribution in [0.25, 0.3) is 5.69 Å². The Bertz CT molecular complexity index is 1130. The van der Waals surface area contributed by atoms with Crippen molar-refractivity contribution in [3.05, 3.63) is 82.9 Å². The molecule has 0 radical (unpaired) electrons. The molecule has 1 aromatic heterocycles. The van der Waals surface area contributed by atoms with Crippen molar-refractivity contribution < 1.29 is 14.0 Å². The van der Waals surface area contributed by atoms with E-state index in [0.29, 0.717) is 37.2 Å². The van der Waals surface area contributed by atoms with E-state index in [0.717, 1.165) is 36.2 Å². The largest absolute Gasteiger partial charge is 0.349 e. The molecular formula is C25H25FN4O2. The van der Waals surface area contributed by atoms with Crippen molar-refractivity contribution in [2.45, 2.75) is 38.1 Å². The maximum Gasteiger partial charge on any atom is 0.274 e. The number of para-hydroxylation sites is 1. The summed E-state index contributed by atoms with van der Waals surface area (Å²) < 4.78 is 15.0. The van der Waals surface area contributed by atoms with Gasteiger partial charge in [-0.25, -0.2) is 9.07 Å².